The molecule has 1 unspecified atom stereocenters. The van der Waals surface area contributed by atoms with E-state index < -0.39 is 6.04 Å². The smallest absolute Gasteiger partial charge is 0.255 e. The summed E-state index contributed by atoms with van der Waals surface area (Å²) in [4.78, 5) is 47.7. The fourth-order valence-corrected chi connectivity index (χ4v) is 3.34. The molecule has 2 aliphatic heterocycles. The second-order valence-corrected chi connectivity index (χ2v) is 6.30. The number of piperidine rings is 1. The van der Waals surface area contributed by atoms with E-state index in [0.29, 0.717) is 24.9 Å². The zero-order chi connectivity index (χ0) is 17.1. The van der Waals surface area contributed by atoms with Crippen LogP contribution in [-0.4, -0.2) is 34.9 Å². The first-order valence-electron chi connectivity index (χ1n) is 8.30. The highest BCUT2D eigenvalue weighted by molar-refractivity contribution is 6.05. The minimum absolute atomic E-state index is 0.146. The molecule has 1 fully saturated rings. The van der Waals surface area contributed by atoms with Crippen molar-refractivity contribution in [1.82, 2.24) is 10.2 Å². The summed E-state index contributed by atoms with van der Waals surface area (Å²) in [5.74, 6) is -0.813. The molecule has 0 bridgehead atoms. The second-order valence-electron chi connectivity index (χ2n) is 6.30. The molecule has 24 heavy (non-hydrogen) atoms. The average molecular weight is 328 g/mol. The van der Waals surface area contributed by atoms with E-state index in [2.05, 4.69) is 5.32 Å². The van der Waals surface area contributed by atoms with Crippen LogP contribution in [0.4, 0.5) is 0 Å². The third kappa shape index (κ3) is 3.22. The molecule has 0 saturated carbocycles. The van der Waals surface area contributed by atoms with Gasteiger partial charge in [0.05, 0.1) is 0 Å². The van der Waals surface area contributed by atoms with Crippen molar-refractivity contribution in [2.75, 3.05) is 0 Å². The molecule has 1 saturated heterocycles. The average Bonchev–Trinajstić information content (AvgIpc) is 2.88. The van der Waals surface area contributed by atoms with Gasteiger partial charge in [0.2, 0.25) is 11.8 Å². The number of hydrogen-bond acceptors (Lipinski definition) is 4. The van der Waals surface area contributed by atoms with Crippen molar-refractivity contribution in [3.8, 4) is 0 Å². The number of benzene rings is 1. The van der Waals surface area contributed by atoms with E-state index in [1.54, 1.807) is 4.90 Å². The number of hydrogen-bond donors (Lipinski definition) is 1. The lowest BCUT2D eigenvalue weighted by Crippen LogP contribution is -2.52. The third-order valence-electron chi connectivity index (χ3n) is 4.63. The Kier molecular flexibility index (Phi) is 4.74. The third-order valence-corrected chi connectivity index (χ3v) is 4.63. The Bertz CT molecular complexity index is 698. The molecule has 3 amide bonds. The SMILES string of the molecule is O=CCCCCc1ccc2c(c1)CN(C1CCC(=O)NC1=O)C2=O. The molecular weight excluding hydrogens is 308 g/mol. The number of amides is 3. The normalized spacial score (nSPS) is 20.1. The molecule has 0 aromatic heterocycles. The van der Waals surface area contributed by atoms with Crippen LogP contribution in [-0.2, 0) is 27.3 Å². The number of rotatable bonds is 6. The zero-order valence-corrected chi connectivity index (χ0v) is 13.4. The second kappa shape index (κ2) is 6.95. The van der Waals surface area contributed by atoms with Crippen molar-refractivity contribution in [2.24, 2.45) is 0 Å². The number of carbonyl (C=O) groups excluding carboxylic acids is 4. The predicted molar refractivity (Wildman–Crippen MR) is 86.1 cm³/mol. The monoisotopic (exact) mass is 328 g/mol. The molecule has 6 nitrogen and oxygen atoms in total. The molecule has 2 heterocycles. The number of nitrogens with zero attached hydrogens (tertiary/aromatic N) is 1. The first-order valence-corrected chi connectivity index (χ1v) is 8.30. The Labute approximate surface area is 140 Å². The summed E-state index contributed by atoms with van der Waals surface area (Å²) in [5.41, 5.74) is 2.70. The van der Waals surface area contributed by atoms with Crippen molar-refractivity contribution in [1.29, 1.82) is 0 Å². The van der Waals surface area contributed by atoms with Crippen LogP contribution >= 0.6 is 0 Å². The van der Waals surface area contributed by atoms with Gasteiger partial charge in [0, 0.05) is 24.9 Å². The standard InChI is InChI=1S/C18H20N2O4/c21-9-3-1-2-4-12-5-6-14-13(10-12)11-20(18(14)24)15-7-8-16(22)19-17(15)23/h5-6,9-10,15H,1-4,7-8,11H2,(H,19,22,23). The predicted octanol–water partition coefficient (Wildman–Crippen LogP) is 1.36. The lowest BCUT2D eigenvalue weighted by molar-refractivity contribution is -0.136. The Balaban J connectivity index is 1.69. The summed E-state index contributed by atoms with van der Waals surface area (Å²) in [6, 6.07) is 5.20. The van der Waals surface area contributed by atoms with Gasteiger partial charge in [0.15, 0.2) is 0 Å². The summed E-state index contributed by atoms with van der Waals surface area (Å²) in [6.45, 7) is 0.405. The largest absolute Gasteiger partial charge is 0.322 e. The molecule has 0 aliphatic carbocycles. The van der Waals surface area contributed by atoms with E-state index in [9.17, 15) is 19.2 Å². The molecule has 126 valence electrons. The van der Waals surface area contributed by atoms with Gasteiger partial charge in [-0.1, -0.05) is 12.1 Å². The van der Waals surface area contributed by atoms with E-state index in [-0.39, 0.29) is 24.1 Å². The van der Waals surface area contributed by atoms with Crippen LogP contribution in [0.15, 0.2) is 18.2 Å². The quantitative estimate of drug-likeness (QED) is 0.485. The van der Waals surface area contributed by atoms with E-state index in [1.807, 2.05) is 18.2 Å². The molecule has 3 rings (SSSR count). The van der Waals surface area contributed by atoms with Gasteiger partial charge in [-0.2, -0.15) is 0 Å². The topological polar surface area (TPSA) is 83.6 Å². The molecule has 0 spiro atoms. The van der Waals surface area contributed by atoms with Crippen LogP contribution in [0.2, 0.25) is 0 Å². The van der Waals surface area contributed by atoms with E-state index >= 15 is 0 Å². The summed E-state index contributed by atoms with van der Waals surface area (Å²) in [5, 5.41) is 2.30. The summed E-state index contributed by atoms with van der Waals surface area (Å²) in [7, 11) is 0. The number of imide groups is 1. The maximum absolute atomic E-state index is 12.6. The number of nitrogens with one attached hydrogen (secondary N) is 1. The van der Waals surface area contributed by atoms with Crippen LogP contribution in [0.5, 0.6) is 0 Å². The van der Waals surface area contributed by atoms with Crippen LogP contribution < -0.4 is 5.32 Å². The van der Waals surface area contributed by atoms with E-state index in [4.69, 9.17) is 0 Å². The molecule has 1 aromatic rings. The molecule has 0 radical (unpaired) electrons. The van der Waals surface area contributed by atoms with Crippen LogP contribution in [0.25, 0.3) is 0 Å². The first-order chi connectivity index (χ1) is 11.6. The number of carbonyl (C=O) groups is 4. The highest BCUT2D eigenvalue weighted by Crippen LogP contribution is 2.28. The Morgan fingerprint density at radius 3 is 2.79 bits per heavy atom. The van der Waals surface area contributed by atoms with Crippen molar-refractivity contribution in [3.63, 3.8) is 0 Å². The van der Waals surface area contributed by atoms with Crippen LogP contribution in [0.1, 0.15) is 53.6 Å². The van der Waals surface area contributed by atoms with Gasteiger partial charge in [-0.05, 0) is 42.9 Å². The van der Waals surface area contributed by atoms with Crippen molar-refractivity contribution in [3.05, 3.63) is 34.9 Å². The van der Waals surface area contributed by atoms with Gasteiger partial charge in [0.1, 0.15) is 12.3 Å². The molecule has 1 aromatic carbocycles. The van der Waals surface area contributed by atoms with E-state index in [0.717, 1.165) is 36.7 Å². The number of unbranched alkanes of at least 4 members (excludes halogenated alkanes) is 2. The Morgan fingerprint density at radius 1 is 1.21 bits per heavy atom. The van der Waals surface area contributed by atoms with Crippen LogP contribution in [0, 0.1) is 0 Å². The summed E-state index contributed by atoms with van der Waals surface area (Å²) in [6.07, 6.45) is 4.81. The van der Waals surface area contributed by atoms with Gasteiger partial charge < -0.3 is 9.69 Å². The number of fused-ring (bicyclic) bond motifs is 1. The molecular formula is C18H20N2O4. The summed E-state index contributed by atoms with van der Waals surface area (Å²) < 4.78 is 0. The van der Waals surface area contributed by atoms with Gasteiger partial charge in [0.25, 0.3) is 5.91 Å². The van der Waals surface area contributed by atoms with Crippen LogP contribution in [0.3, 0.4) is 0 Å². The van der Waals surface area contributed by atoms with Crippen molar-refractivity contribution in [2.45, 2.75) is 51.1 Å². The first kappa shape index (κ1) is 16.4. The highest BCUT2D eigenvalue weighted by Gasteiger charge is 2.38. The molecule has 1 N–H and O–H groups in total. The molecule has 2 aliphatic rings. The van der Waals surface area contributed by atoms with Gasteiger partial charge >= 0.3 is 0 Å². The molecule has 6 heteroatoms. The maximum Gasteiger partial charge on any atom is 0.255 e. The van der Waals surface area contributed by atoms with E-state index in [1.165, 1.54) is 0 Å². The van der Waals surface area contributed by atoms with Crippen molar-refractivity contribution >= 4 is 24.0 Å². The van der Waals surface area contributed by atoms with Gasteiger partial charge in [-0.15, -0.1) is 0 Å². The summed E-state index contributed by atoms with van der Waals surface area (Å²) >= 11 is 0. The minimum Gasteiger partial charge on any atom is -0.322 e. The van der Waals surface area contributed by atoms with Gasteiger partial charge in [-0.3, -0.25) is 19.7 Å². The van der Waals surface area contributed by atoms with Gasteiger partial charge in [-0.25, -0.2) is 0 Å². The van der Waals surface area contributed by atoms with Crippen molar-refractivity contribution < 1.29 is 19.2 Å². The lowest BCUT2D eigenvalue weighted by Gasteiger charge is -2.29. The lowest BCUT2D eigenvalue weighted by atomic mass is 10.0. The minimum atomic E-state index is -0.571. The maximum atomic E-state index is 12.6. The molecule has 1 atom stereocenters. The zero-order valence-electron chi connectivity index (χ0n) is 13.4. The Hall–Kier alpha value is -2.50. The Morgan fingerprint density at radius 2 is 2.04 bits per heavy atom. The fraction of sp³-hybridized carbons (Fsp3) is 0.444. The fourth-order valence-electron chi connectivity index (χ4n) is 3.34. The number of aryl methyl sites for hydroxylation is 1. The highest BCUT2D eigenvalue weighted by atomic mass is 16.2. The number of aldehydes is 1.